The first kappa shape index (κ1) is 19.4. The van der Waals surface area contributed by atoms with Crippen LogP contribution in [0.3, 0.4) is 0 Å². The third kappa shape index (κ3) is 3.81. The standard InChI is InChI=1S/C23H21NO4S/c24-20(11-14-9-10-29-13-14)21(22(25)26)23(27)28-12-19-17-7-3-1-5-15(17)16-6-2-4-8-18(16)19/h1-10,13,19-21H,11-12,24H2,(H,25,26)/t20-,21-/m0/s1. The first-order chi connectivity index (χ1) is 14.1. The van der Waals surface area contributed by atoms with Crippen molar-refractivity contribution < 1.29 is 19.4 Å². The molecule has 1 aliphatic rings. The van der Waals surface area contributed by atoms with Gasteiger partial charge >= 0.3 is 11.9 Å². The van der Waals surface area contributed by atoms with E-state index in [9.17, 15) is 14.7 Å². The van der Waals surface area contributed by atoms with Gasteiger partial charge < -0.3 is 15.6 Å². The van der Waals surface area contributed by atoms with Gasteiger partial charge in [-0.15, -0.1) is 0 Å². The zero-order valence-corrected chi connectivity index (χ0v) is 16.5. The van der Waals surface area contributed by atoms with Gasteiger partial charge in [-0.25, -0.2) is 0 Å². The molecule has 0 amide bonds. The number of fused-ring (bicyclic) bond motifs is 3. The number of aliphatic carboxylic acids is 1. The fourth-order valence-electron chi connectivity index (χ4n) is 3.95. The normalized spacial score (nSPS) is 14.7. The lowest BCUT2D eigenvalue weighted by molar-refractivity contribution is -0.159. The molecule has 0 aliphatic heterocycles. The van der Waals surface area contributed by atoms with Gasteiger partial charge in [0, 0.05) is 12.0 Å². The molecule has 4 rings (SSSR count). The lowest BCUT2D eigenvalue weighted by atomic mass is 9.95. The number of carboxylic acids is 1. The molecule has 0 bridgehead atoms. The summed E-state index contributed by atoms with van der Waals surface area (Å²) in [4.78, 5) is 24.4. The summed E-state index contributed by atoms with van der Waals surface area (Å²) in [5.74, 6) is -3.57. The summed E-state index contributed by atoms with van der Waals surface area (Å²) in [6.45, 7) is 0.0851. The fraction of sp³-hybridized carbons (Fsp3) is 0.217. The molecule has 0 saturated carbocycles. The van der Waals surface area contributed by atoms with Gasteiger partial charge in [0.05, 0.1) is 0 Å². The lowest BCUT2D eigenvalue weighted by Crippen LogP contribution is -2.43. The number of esters is 1. The Morgan fingerprint density at radius 2 is 1.66 bits per heavy atom. The molecule has 0 saturated heterocycles. The number of ether oxygens (including phenoxy) is 1. The molecule has 0 radical (unpaired) electrons. The Morgan fingerprint density at radius 1 is 1.03 bits per heavy atom. The maximum Gasteiger partial charge on any atom is 0.321 e. The van der Waals surface area contributed by atoms with Crippen LogP contribution in [0.15, 0.2) is 65.4 Å². The second-order valence-electron chi connectivity index (χ2n) is 7.17. The number of hydrogen-bond acceptors (Lipinski definition) is 5. The third-order valence-corrected chi connectivity index (χ3v) is 6.09. The topological polar surface area (TPSA) is 89.6 Å². The summed E-state index contributed by atoms with van der Waals surface area (Å²) in [5, 5.41) is 13.4. The van der Waals surface area contributed by atoms with E-state index in [-0.39, 0.29) is 12.5 Å². The van der Waals surface area contributed by atoms with Crippen LogP contribution in [0.2, 0.25) is 0 Å². The van der Waals surface area contributed by atoms with Crippen LogP contribution in [0.1, 0.15) is 22.6 Å². The summed E-state index contributed by atoms with van der Waals surface area (Å²) < 4.78 is 5.51. The Hall–Kier alpha value is -2.96. The molecule has 0 unspecified atom stereocenters. The Labute approximate surface area is 172 Å². The molecule has 0 spiro atoms. The molecule has 1 aromatic heterocycles. The quantitative estimate of drug-likeness (QED) is 0.461. The molecule has 2 aromatic carbocycles. The Balaban J connectivity index is 1.50. The van der Waals surface area contributed by atoms with E-state index in [4.69, 9.17) is 10.5 Å². The van der Waals surface area contributed by atoms with Gasteiger partial charge in [-0.2, -0.15) is 11.3 Å². The van der Waals surface area contributed by atoms with E-state index in [0.29, 0.717) is 6.42 Å². The summed E-state index contributed by atoms with van der Waals surface area (Å²) >= 11 is 1.50. The van der Waals surface area contributed by atoms with Crippen LogP contribution >= 0.6 is 11.3 Å². The van der Waals surface area contributed by atoms with Crippen LogP contribution in [0.5, 0.6) is 0 Å². The minimum atomic E-state index is -1.40. The zero-order valence-electron chi connectivity index (χ0n) is 15.7. The van der Waals surface area contributed by atoms with Gasteiger partial charge in [0.15, 0.2) is 5.92 Å². The van der Waals surface area contributed by atoms with Crippen LogP contribution in [0.4, 0.5) is 0 Å². The summed E-state index contributed by atoms with van der Waals surface area (Å²) in [6, 6.07) is 17.0. The number of carbonyl (C=O) groups excluding carboxylic acids is 1. The third-order valence-electron chi connectivity index (χ3n) is 5.35. The largest absolute Gasteiger partial charge is 0.481 e. The zero-order chi connectivity index (χ0) is 20.4. The van der Waals surface area contributed by atoms with Crippen molar-refractivity contribution in [3.05, 3.63) is 82.0 Å². The van der Waals surface area contributed by atoms with Crippen molar-refractivity contribution in [3.63, 3.8) is 0 Å². The van der Waals surface area contributed by atoms with Gasteiger partial charge in [0.25, 0.3) is 0 Å². The van der Waals surface area contributed by atoms with E-state index >= 15 is 0 Å². The van der Waals surface area contributed by atoms with Crippen molar-refractivity contribution >= 4 is 23.3 Å². The minimum Gasteiger partial charge on any atom is -0.481 e. The molecule has 3 aromatic rings. The SMILES string of the molecule is N[C@@H](Cc1ccsc1)[C@@H](C(=O)O)C(=O)OCC1c2ccccc2-c2ccccc21. The predicted octanol–water partition coefficient (Wildman–Crippen LogP) is 3.67. The van der Waals surface area contributed by atoms with Crippen LogP contribution in [0.25, 0.3) is 11.1 Å². The Morgan fingerprint density at radius 3 is 2.21 bits per heavy atom. The molecule has 2 atom stereocenters. The van der Waals surface area contributed by atoms with Crippen molar-refractivity contribution in [2.75, 3.05) is 6.61 Å². The molecular formula is C23H21NO4S. The maximum absolute atomic E-state index is 12.7. The smallest absolute Gasteiger partial charge is 0.321 e. The summed E-state index contributed by atoms with van der Waals surface area (Å²) in [5.41, 5.74) is 11.4. The number of carbonyl (C=O) groups is 2. The van der Waals surface area contributed by atoms with E-state index in [2.05, 4.69) is 0 Å². The van der Waals surface area contributed by atoms with Gasteiger partial charge in [0.2, 0.25) is 0 Å². The highest BCUT2D eigenvalue weighted by Crippen LogP contribution is 2.44. The van der Waals surface area contributed by atoms with Gasteiger partial charge in [-0.05, 0) is 51.1 Å². The first-order valence-electron chi connectivity index (χ1n) is 9.40. The monoisotopic (exact) mass is 407 g/mol. The van der Waals surface area contributed by atoms with Crippen LogP contribution in [-0.2, 0) is 20.7 Å². The summed E-state index contributed by atoms with van der Waals surface area (Å²) in [7, 11) is 0. The molecule has 29 heavy (non-hydrogen) atoms. The highest BCUT2D eigenvalue weighted by atomic mass is 32.1. The number of rotatable bonds is 7. The molecule has 1 aliphatic carbocycles. The lowest BCUT2D eigenvalue weighted by Gasteiger charge is -2.20. The van der Waals surface area contributed by atoms with E-state index < -0.39 is 23.9 Å². The number of hydrogen-bond donors (Lipinski definition) is 2. The summed E-state index contributed by atoms with van der Waals surface area (Å²) in [6.07, 6.45) is 0.310. The number of thiophene rings is 1. The number of benzene rings is 2. The number of nitrogens with two attached hydrogens (primary N) is 1. The van der Waals surface area contributed by atoms with E-state index in [1.807, 2.05) is 65.4 Å². The van der Waals surface area contributed by atoms with Crippen molar-refractivity contribution in [2.45, 2.75) is 18.4 Å². The second-order valence-corrected chi connectivity index (χ2v) is 7.95. The molecule has 5 nitrogen and oxygen atoms in total. The molecule has 1 heterocycles. The van der Waals surface area contributed by atoms with Gasteiger partial charge in [-0.3, -0.25) is 9.59 Å². The van der Waals surface area contributed by atoms with E-state index in [0.717, 1.165) is 27.8 Å². The second kappa shape index (κ2) is 8.19. The highest BCUT2D eigenvalue weighted by molar-refractivity contribution is 7.07. The maximum atomic E-state index is 12.7. The highest BCUT2D eigenvalue weighted by Gasteiger charge is 2.36. The average Bonchev–Trinajstić information content (AvgIpc) is 3.32. The number of carboxylic acid groups (broad SMARTS) is 1. The van der Waals surface area contributed by atoms with Crippen molar-refractivity contribution in [2.24, 2.45) is 11.7 Å². The minimum absolute atomic E-state index is 0.0851. The molecule has 3 N–H and O–H groups in total. The van der Waals surface area contributed by atoms with E-state index in [1.54, 1.807) is 0 Å². The Bertz CT molecular complexity index is 985. The molecule has 148 valence electrons. The van der Waals surface area contributed by atoms with Gasteiger partial charge in [-0.1, -0.05) is 48.5 Å². The predicted molar refractivity (Wildman–Crippen MR) is 112 cm³/mol. The average molecular weight is 407 g/mol. The molecule has 6 heteroatoms. The van der Waals surface area contributed by atoms with E-state index in [1.165, 1.54) is 11.3 Å². The van der Waals surface area contributed by atoms with Crippen LogP contribution in [-0.4, -0.2) is 29.7 Å². The Kier molecular flexibility index (Phi) is 5.47. The first-order valence-corrected chi connectivity index (χ1v) is 10.3. The van der Waals surface area contributed by atoms with Crippen LogP contribution in [0, 0.1) is 5.92 Å². The van der Waals surface area contributed by atoms with Crippen LogP contribution < -0.4 is 5.73 Å². The molecule has 0 fully saturated rings. The van der Waals surface area contributed by atoms with Crippen molar-refractivity contribution in [1.82, 2.24) is 0 Å². The fourth-order valence-corrected chi connectivity index (χ4v) is 4.63. The van der Waals surface area contributed by atoms with Gasteiger partial charge in [0.1, 0.15) is 6.61 Å². The molecular weight excluding hydrogens is 386 g/mol. The van der Waals surface area contributed by atoms with Crippen molar-refractivity contribution in [3.8, 4) is 11.1 Å². The van der Waals surface area contributed by atoms with Crippen molar-refractivity contribution in [1.29, 1.82) is 0 Å².